The maximum absolute atomic E-state index is 12.7. The molecule has 0 aliphatic carbocycles. The lowest BCUT2D eigenvalue weighted by Gasteiger charge is -2.35. The van der Waals surface area contributed by atoms with Gasteiger partial charge >= 0.3 is 22.5 Å². The van der Waals surface area contributed by atoms with Gasteiger partial charge in [0.15, 0.2) is 0 Å². The molecule has 2 unspecified atom stereocenters. The Balaban J connectivity index is 1.52. The van der Waals surface area contributed by atoms with Crippen LogP contribution in [0.15, 0.2) is 12.2 Å². The first kappa shape index (κ1) is 23.3. The van der Waals surface area contributed by atoms with Gasteiger partial charge in [-0.3, -0.25) is 9.35 Å². The molecule has 2 atom stereocenters. The highest BCUT2D eigenvalue weighted by Crippen LogP contribution is 2.26. The Hall–Kier alpha value is -2.38. The Bertz CT molecular complexity index is 866. The fourth-order valence-electron chi connectivity index (χ4n) is 3.61. The van der Waals surface area contributed by atoms with Gasteiger partial charge in [0.1, 0.15) is 11.6 Å². The van der Waals surface area contributed by atoms with Crippen LogP contribution in [0.1, 0.15) is 40.0 Å². The van der Waals surface area contributed by atoms with Crippen molar-refractivity contribution in [2.75, 3.05) is 19.6 Å². The van der Waals surface area contributed by atoms with Crippen molar-refractivity contribution in [3.05, 3.63) is 12.2 Å². The lowest BCUT2D eigenvalue weighted by atomic mass is 10.0. The number of hydrogen-bond donors (Lipinski definition) is 2. The number of ether oxygens (including phenoxy) is 1. The molecule has 2 fully saturated rings. The van der Waals surface area contributed by atoms with Gasteiger partial charge in [0.25, 0.3) is 0 Å². The maximum Gasteiger partial charge on any atom is 0.418 e. The molecule has 2 bridgehead atoms. The predicted octanol–water partition coefficient (Wildman–Crippen LogP) is 0.671. The molecule has 3 heterocycles. The third-order valence-electron chi connectivity index (χ3n) is 5.73. The number of piperidine rings is 1. The van der Waals surface area contributed by atoms with Crippen molar-refractivity contribution < 1.29 is 36.4 Å². The number of nitrogens with zero attached hydrogens (tertiary/aromatic N) is 3. The van der Waals surface area contributed by atoms with Crippen LogP contribution in [-0.2, 0) is 24.2 Å². The van der Waals surface area contributed by atoms with Gasteiger partial charge in [-0.15, -0.1) is 4.28 Å². The van der Waals surface area contributed by atoms with E-state index in [0.717, 1.165) is 0 Å². The van der Waals surface area contributed by atoms with E-state index in [4.69, 9.17) is 9.29 Å². The quantitative estimate of drug-likeness (QED) is 0.434. The summed E-state index contributed by atoms with van der Waals surface area (Å²) in [6.07, 6.45) is 4.39. The summed E-state index contributed by atoms with van der Waals surface area (Å²) in [5, 5.41) is 3.41. The lowest BCUT2D eigenvalue weighted by Crippen LogP contribution is -2.53. The van der Waals surface area contributed by atoms with Crippen LogP contribution in [0.4, 0.5) is 9.59 Å². The Morgan fingerprint density at radius 1 is 1.26 bits per heavy atom. The minimum absolute atomic E-state index is 0.0560. The SMILES string of the molecule is CCC(C)(C)OC(=O)N1CCC(NC(=O)C2C=CC3CN2C(=O)N3OS(=O)(=O)O)CC1. The second-order valence-corrected chi connectivity index (χ2v) is 9.42. The van der Waals surface area contributed by atoms with Gasteiger partial charge in [-0.25, -0.2) is 9.59 Å². The molecule has 12 nitrogen and oxygen atoms in total. The van der Waals surface area contributed by atoms with E-state index in [1.54, 1.807) is 4.90 Å². The van der Waals surface area contributed by atoms with E-state index in [-0.39, 0.29) is 18.7 Å². The number of hydroxylamine groups is 2. The summed E-state index contributed by atoms with van der Waals surface area (Å²) >= 11 is 0. The standard InChI is InChI=1S/C18H28N4O8S/c1-4-18(2,3)29-17(25)20-9-7-12(8-10-20)19-15(23)14-6-5-13-11-21(14)16(24)22(13)30-31(26,27)28/h5-6,12-14H,4,7-11H2,1-3H3,(H,19,23)(H,26,27,28). The first-order valence-electron chi connectivity index (χ1n) is 10.1. The highest BCUT2D eigenvalue weighted by atomic mass is 32.3. The minimum atomic E-state index is -4.86. The van der Waals surface area contributed by atoms with E-state index < -0.39 is 40.0 Å². The van der Waals surface area contributed by atoms with Crippen LogP contribution in [0.2, 0.25) is 0 Å². The number of carbonyl (C=O) groups is 3. The number of urea groups is 1. The lowest BCUT2D eigenvalue weighted by molar-refractivity contribution is -0.125. The average molecular weight is 461 g/mol. The number of carbonyl (C=O) groups excluding carboxylic acids is 3. The first-order chi connectivity index (χ1) is 14.4. The summed E-state index contributed by atoms with van der Waals surface area (Å²) < 4.78 is 40.6. The molecule has 31 heavy (non-hydrogen) atoms. The number of likely N-dealkylation sites (tertiary alicyclic amines) is 1. The number of hydrogen-bond acceptors (Lipinski definition) is 7. The minimum Gasteiger partial charge on any atom is -0.443 e. The second kappa shape index (κ2) is 8.63. The molecule has 0 radical (unpaired) electrons. The topological polar surface area (TPSA) is 146 Å². The summed E-state index contributed by atoms with van der Waals surface area (Å²) in [6, 6.07) is -2.65. The predicted molar refractivity (Wildman–Crippen MR) is 107 cm³/mol. The van der Waals surface area contributed by atoms with E-state index in [1.165, 1.54) is 17.1 Å². The zero-order chi connectivity index (χ0) is 23.0. The Kier molecular flexibility index (Phi) is 6.48. The van der Waals surface area contributed by atoms with Gasteiger partial charge in [-0.1, -0.05) is 19.1 Å². The second-order valence-electron chi connectivity index (χ2n) is 8.41. The van der Waals surface area contributed by atoms with Crippen molar-refractivity contribution in [2.24, 2.45) is 0 Å². The molecular weight excluding hydrogens is 432 g/mol. The van der Waals surface area contributed by atoms with Crippen molar-refractivity contribution in [3.63, 3.8) is 0 Å². The van der Waals surface area contributed by atoms with Gasteiger partial charge in [0, 0.05) is 19.1 Å². The molecule has 0 spiro atoms. The van der Waals surface area contributed by atoms with Crippen molar-refractivity contribution in [3.8, 4) is 0 Å². The maximum atomic E-state index is 12.7. The molecule has 0 aromatic carbocycles. The summed E-state index contributed by atoms with van der Waals surface area (Å²) in [4.78, 5) is 40.2. The zero-order valence-electron chi connectivity index (χ0n) is 17.7. The Labute approximate surface area is 181 Å². The monoisotopic (exact) mass is 460 g/mol. The smallest absolute Gasteiger partial charge is 0.418 e. The molecule has 3 aliphatic rings. The number of fused-ring (bicyclic) bond motifs is 2. The molecule has 2 N–H and O–H groups in total. The molecule has 3 rings (SSSR count). The van der Waals surface area contributed by atoms with E-state index in [0.29, 0.717) is 37.4 Å². The molecule has 4 amide bonds. The highest BCUT2D eigenvalue weighted by Gasteiger charge is 2.47. The number of nitrogens with one attached hydrogen (secondary N) is 1. The van der Waals surface area contributed by atoms with Crippen LogP contribution in [0.3, 0.4) is 0 Å². The molecule has 3 aliphatic heterocycles. The first-order valence-corrected chi connectivity index (χ1v) is 11.5. The number of rotatable bonds is 6. The van der Waals surface area contributed by atoms with Crippen LogP contribution < -0.4 is 5.32 Å². The molecule has 0 aromatic rings. The van der Waals surface area contributed by atoms with Crippen molar-refractivity contribution in [1.29, 1.82) is 0 Å². The molecular formula is C18H28N4O8S. The van der Waals surface area contributed by atoms with Crippen LogP contribution in [0.25, 0.3) is 0 Å². The fraction of sp³-hybridized carbons (Fsp3) is 0.722. The highest BCUT2D eigenvalue weighted by molar-refractivity contribution is 7.80. The third kappa shape index (κ3) is 5.46. The van der Waals surface area contributed by atoms with Gasteiger partial charge in [-0.05, 0) is 33.1 Å². The van der Waals surface area contributed by atoms with E-state index in [9.17, 15) is 22.8 Å². The van der Waals surface area contributed by atoms with Gasteiger partial charge in [-0.2, -0.15) is 13.5 Å². The summed E-state index contributed by atoms with van der Waals surface area (Å²) in [6.45, 7) is 6.57. The van der Waals surface area contributed by atoms with Crippen LogP contribution in [0.5, 0.6) is 0 Å². The normalized spacial score (nSPS) is 24.5. The van der Waals surface area contributed by atoms with Crippen LogP contribution in [0, 0.1) is 0 Å². The summed E-state index contributed by atoms with van der Waals surface area (Å²) in [7, 11) is -4.86. The van der Waals surface area contributed by atoms with Crippen molar-refractivity contribution in [1.82, 2.24) is 20.2 Å². The molecule has 0 aromatic heterocycles. The van der Waals surface area contributed by atoms with E-state index >= 15 is 0 Å². The molecule has 174 valence electrons. The third-order valence-corrected chi connectivity index (χ3v) is 6.08. The molecule has 0 saturated carbocycles. The van der Waals surface area contributed by atoms with Crippen LogP contribution >= 0.6 is 0 Å². The fourth-order valence-corrected chi connectivity index (χ4v) is 3.99. The van der Waals surface area contributed by atoms with E-state index in [2.05, 4.69) is 9.60 Å². The van der Waals surface area contributed by atoms with E-state index in [1.807, 2.05) is 20.8 Å². The Morgan fingerprint density at radius 3 is 2.48 bits per heavy atom. The zero-order valence-corrected chi connectivity index (χ0v) is 18.5. The van der Waals surface area contributed by atoms with Gasteiger partial charge in [0.2, 0.25) is 5.91 Å². The molecule has 2 saturated heterocycles. The number of amides is 4. The Morgan fingerprint density at radius 2 is 1.90 bits per heavy atom. The summed E-state index contributed by atoms with van der Waals surface area (Å²) in [5.41, 5.74) is -0.539. The molecule has 13 heteroatoms. The van der Waals surface area contributed by atoms with Crippen molar-refractivity contribution >= 4 is 28.4 Å². The van der Waals surface area contributed by atoms with Crippen molar-refractivity contribution in [2.45, 2.75) is 63.8 Å². The van der Waals surface area contributed by atoms with Gasteiger partial charge < -0.3 is 19.9 Å². The average Bonchev–Trinajstić information content (AvgIpc) is 2.91. The van der Waals surface area contributed by atoms with Crippen LogP contribution in [-0.4, -0.2) is 89.2 Å². The largest absolute Gasteiger partial charge is 0.443 e. The summed E-state index contributed by atoms with van der Waals surface area (Å²) in [5.74, 6) is -0.412. The van der Waals surface area contributed by atoms with Gasteiger partial charge in [0.05, 0.1) is 12.6 Å².